The number of esters is 2. The lowest BCUT2D eigenvalue weighted by Crippen LogP contribution is -2.15. The fourth-order valence-electron chi connectivity index (χ4n) is 2.24. The molecular formula is C36H46O5. The van der Waals surface area contributed by atoms with Crippen molar-refractivity contribution < 1.29 is 82.7 Å². The molecule has 0 spiro atoms. The quantitative estimate of drug-likeness (QED) is 0.107. The Kier molecular flexibility index (Phi) is 3.20. The zero-order chi connectivity index (χ0) is 67.2. The van der Waals surface area contributed by atoms with Crippen LogP contribution in [0.5, 0.6) is 11.5 Å². The van der Waals surface area contributed by atoms with Crippen molar-refractivity contribution in [3.8, 4) is 22.6 Å². The summed E-state index contributed by atoms with van der Waals surface area (Å²) in [5.41, 5.74) is -5.44. The van der Waals surface area contributed by atoms with Crippen LogP contribution in [-0.2, 0) is 4.74 Å². The maximum Gasteiger partial charge on any atom is 0.343 e. The van der Waals surface area contributed by atoms with Gasteiger partial charge in [0.25, 0.3) is 0 Å². The van der Waals surface area contributed by atoms with E-state index in [1.807, 2.05) is 0 Å². The van der Waals surface area contributed by atoms with Crippen molar-refractivity contribution in [3.63, 3.8) is 0 Å². The summed E-state index contributed by atoms with van der Waals surface area (Å²) in [7, 11) is 0. The van der Waals surface area contributed by atoms with Crippen molar-refractivity contribution in [1.82, 2.24) is 0 Å². The molecule has 0 fully saturated rings. The third-order valence-electron chi connectivity index (χ3n) is 3.87. The van der Waals surface area contributed by atoms with E-state index in [-0.39, 0.29) is 6.92 Å². The summed E-state index contributed by atoms with van der Waals surface area (Å²) in [6, 6.07) is -18.3. The molecule has 220 valence electrons. The summed E-state index contributed by atoms with van der Waals surface area (Å²) in [6.07, 6.45) is -53.9. The van der Waals surface area contributed by atoms with Crippen LogP contribution < -0.4 is 9.47 Å². The van der Waals surface area contributed by atoms with E-state index in [0.717, 1.165) is 0 Å². The van der Waals surface area contributed by atoms with Crippen LogP contribution in [0.25, 0.3) is 11.1 Å². The lowest BCUT2D eigenvalue weighted by molar-refractivity contribution is 0.0319. The Labute approximate surface area is 306 Å². The van der Waals surface area contributed by atoms with E-state index in [0.29, 0.717) is 0 Å². The summed E-state index contributed by atoms with van der Waals surface area (Å²) >= 11 is 0. The molecule has 3 rings (SSSR count). The molecule has 0 aromatic heterocycles. The van der Waals surface area contributed by atoms with Gasteiger partial charge < -0.3 is 14.2 Å². The first-order valence-electron chi connectivity index (χ1n) is 32.1. The zero-order valence-electron chi connectivity index (χ0n) is 63.5. The number of hydrogen-bond acceptors (Lipinski definition) is 5. The Balaban J connectivity index is 2.15. The van der Waals surface area contributed by atoms with Crippen molar-refractivity contribution in [2.75, 3.05) is 6.56 Å². The van der Waals surface area contributed by atoms with Crippen LogP contribution in [0.3, 0.4) is 0 Å². The lowest BCUT2D eigenvalue weighted by atomic mass is 10.0. The highest BCUT2D eigenvalue weighted by Gasteiger charge is 2.14. The van der Waals surface area contributed by atoms with E-state index in [1.54, 1.807) is 0 Å². The summed E-state index contributed by atoms with van der Waals surface area (Å²) < 4.78 is 364. The topological polar surface area (TPSA) is 61.8 Å². The highest BCUT2D eigenvalue weighted by molar-refractivity contribution is 5.92. The van der Waals surface area contributed by atoms with Crippen LogP contribution in [0.4, 0.5) is 0 Å². The van der Waals surface area contributed by atoms with Crippen LogP contribution in [0.15, 0.2) is 72.5 Å². The Morgan fingerprint density at radius 3 is 1.88 bits per heavy atom. The summed E-state index contributed by atoms with van der Waals surface area (Å²) in [6.45, 7) is -12.4. The molecular weight excluding hydrogens is 512 g/mol. The molecule has 3 aromatic rings. The molecule has 0 aliphatic heterocycles. The fraction of sp³-hybridized carbons (Fsp3) is 0.444. The molecule has 41 heavy (non-hydrogen) atoms. The van der Waals surface area contributed by atoms with Gasteiger partial charge in [0.2, 0.25) is 0 Å². The van der Waals surface area contributed by atoms with Crippen LogP contribution in [-0.4, -0.2) is 24.6 Å². The number of rotatable bonds is 18. The summed E-state index contributed by atoms with van der Waals surface area (Å²) in [5.74, 6) is -7.46. The van der Waals surface area contributed by atoms with Gasteiger partial charge in [-0.1, -0.05) is 88.9 Å². The van der Waals surface area contributed by atoms with Gasteiger partial charge in [-0.3, -0.25) is 0 Å². The lowest BCUT2D eigenvalue weighted by Gasteiger charge is -2.13. The van der Waals surface area contributed by atoms with Crippen molar-refractivity contribution >= 4 is 11.9 Å². The second-order valence-corrected chi connectivity index (χ2v) is 6.57. The number of carbonyl (C=O) groups is 2. The average Bonchev–Trinajstić information content (AvgIpc) is 0.789. The number of ether oxygens (including phenoxy) is 3. The van der Waals surface area contributed by atoms with Crippen molar-refractivity contribution in [1.29, 1.82) is 0 Å². The van der Waals surface area contributed by atoms with E-state index in [4.69, 9.17) is 68.4 Å². The van der Waals surface area contributed by atoms with Gasteiger partial charge in [-0.25, -0.2) is 9.59 Å². The average molecular weight is 602 g/mol. The molecule has 0 radical (unpaired) electrons. The SMILES string of the molecule is [2H]c1c([2H])c(C(=O)O[C@@]([2H])(C)C([2H])([2H])C([2H])([2H])C([2H])([2H])C([2H])([2H])C([2H])([2H])C([2H])([2H])[2H])c([2H])c([2H])c1OC(=O)c1c([2H])c([2H])c(-c2c([2H])c([2H])c(OC([2H])([2H])C([2H])([2H])C([2H])([2H])C([2H])([2H])C([2H])([2H])C([2H])([2H])C([2H])([2H])C([2H])([2H])[2H])c([2H])c2[2H])c([2H])c1[2H]. The van der Waals surface area contributed by atoms with Gasteiger partial charge in [-0.15, -0.1) is 0 Å². The van der Waals surface area contributed by atoms with E-state index in [1.165, 1.54) is 0 Å². The minimum Gasteiger partial charge on any atom is -0.494 e. The number of hydrogen-bond donors (Lipinski definition) is 0. The highest BCUT2D eigenvalue weighted by Crippen LogP contribution is 2.24. The molecule has 5 nitrogen and oxygen atoms in total. The number of benzene rings is 3. The molecule has 0 unspecified atom stereocenters. The van der Waals surface area contributed by atoms with Crippen molar-refractivity contribution in [2.24, 2.45) is 0 Å². The molecule has 0 heterocycles. The van der Waals surface area contributed by atoms with Gasteiger partial charge in [0.1, 0.15) is 11.5 Å². The van der Waals surface area contributed by atoms with Crippen LogP contribution in [0.1, 0.15) is 170 Å². The van der Waals surface area contributed by atoms with E-state index in [9.17, 15) is 9.59 Å². The maximum atomic E-state index is 13.7. The van der Waals surface area contributed by atoms with Gasteiger partial charge >= 0.3 is 11.9 Å². The van der Waals surface area contributed by atoms with E-state index in [2.05, 4.69) is 4.74 Å². The summed E-state index contributed by atoms with van der Waals surface area (Å²) in [4.78, 5) is 27.1. The molecule has 5 heteroatoms. The van der Waals surface area contributed by atoms with Crippen LogP contribution in [0.2, 0.25) is 0 Å². The second-order valence-electron chi connectivity index (χ2n) is 6.57. The van der Waals surface area contributed by atoms with Crippen molar-refractivity contribution in [2.45, 2.75) is 96.8 Å². The first-order valence-corrected chi connectivity index (χ1v) is 10.6. The van der Waals surface area contributed by atoms with Crippen LogP contribution >= 0.6 is 0 Å². The van der Waals surface area contributed by atoms with Crippen LogP contribution in [0, 0.1) is 0 Å². The maximum absolute atomic E-state index is 13.7. The third-order valence-corrected chi connectivity index (χ3v) is 3.87. The smallest absolute Gasteiger partial charge is 0.343 e. The molecule has 1 atom stereocenters. The largest absolute Gasteiger partial charge is 0.494 e. The van der Waals surface area contributed by atoms with Gasteiger partial charge in [0.15, 0.2) is 0 Å². The first-order chi connectivity index (χ1) is 36.7. The Morgan fingerprint density at radius 1 is 0.707 bits per heavy atom. The third kappa shape index (κ3) is 11.4. The summed E-state index contributed by atoms with van der Waals surface area (Å²) in [5, 5.41) is 0. The minimum atomic E-state index is -4.79. The molecule has 0 saturated carbocycles. The van der Waals surface area contributed by atoms with Gasteiger partial charge in [0.05, 0.1) is 44.3 Å². The van der Waals surface area contributed by atoms with E-state index >= 15 is 0 Å². The second kappa shape index (κ2) is 18.0. The van der Waals surface area contributed by atoms with Gasteiger partial charge in [0, 0.05) is 38.4 Å². The molecule has 0 bridgehead atoms. The zero-order valence-corrected chi connectivity index (χ0v) is 20.5. The predicted molar refractivity (Wildman–Crippen MR) is 166 cm³/mol. The molecule has 3 aromatic carbocycles. The minimum absolute atomic E-state index is 0.222. The Hall–Kier alpha value is -3.60. The molecule has 0 saturated heterocycles. The Morgan fingerprint density at radius 2 is 1.22 bits per heavy atom. The normalized spacial score (nSPS) is 32.5. The highest BCUT2D eigenvalue weighted by atomic mass is 16.5. The monoisotopic (exact) mass is 602 g/mol. The Bertz CT molecular complexity index is 3040. The first kappa shape index (κ1) is 7.30. The fourth-order valence-corrected chi connectivity index (χ4v) is 2.24. The van der Waals surface area contributed by atoms with Gasteiger partial charge in [-0.05, 0) is 85.5 Å². The predicted octanol–water partition coefficient (Wildman–Crippen LogP) is 9.83. The standard InChI is InChI=1S/C36H46O5/c1-4-6-8-10-11-13-27-39-33-23-19-30(20-24-33)29-15-17-31(18-16-29)36(38)41-34-25-21-32(22-26-34)35(37)40-28(3)14-12-9-7-5-2/h15-26,28H,4-14,27H2,1-3H3/t28-/m0/s1/i1D3,2D3,4D2,5D2,6D2,7D2,8D2,9D2,10D2,11D2,12D2,13D2,14D2,15D,16D,17D,18D,19D,20D,21D,22D,23D,24D,25D,26D,27D2,28D. The molecule has 0 N–H and O–H groups in total. The number of carbonyl (C=O) groups excluding carboxylic acids is 2. The van der Waals surface area contributed by atoms with Crippen molar-refractivity contribution in [3.05, 3.63) is 83.6 Å². The molecule has 0 aliphatic rings. The van der Waals surface area contributed by atoms with Gasteiger partial charge in [-0.2, -0.15) is 0 Å². The molecule has 0 aliphatic carbocycles. The van der Waals surface area contributed by atoms with E-state index < -0.39 is 215 Å². The molecule has 0 amide bonds.